The number of hydrogen-bond donors (Lipinski definition) is 0. The third-order valence-electron chi connectivity index (χ3n) is 4.00. The van der Waals surface area contributed by atoms with Crippen molar-refractivity contribution in [2.24, 2.45) is 0 Å². The van der Waals surface area contributed by atoms with E-state index in [1.54, 1.807) is 60.4 Å². The number of carbonyl (C=O) groups is 2. The molecule has 1 aromatic rings. The van der Waals surface area contributed by atoms with Crippen LogP contribution in [0, 0.1) is 0 Å². The summed E-state index contributed by atoms with van der Waals surface area (Å²) >= 11 is 0. The van der Waals surface area contributed by atoms with E-state index in [1.807, 2.05) is 7.05 Å². The summed E-state index contributed by atoms with van der Waals surface area (Å²) in [6.45, 7) is 3.77. The molecule has 0 saturated carbocycles. The molecule has 8 heteroatoms. The first-order valence-corrected chi connectivity index (χ1v) is 8.41. The summed E-state index contributed by atoms with van der Waals surface area (Å²) in [6.07, 6.45) is 3.60. The summed E-state index contributed by atoms with van der Waals surface area (Å²) in [4.78, 5) is 33.1. The number of esters is 2. The van der Waals surface area contributed by atoms with Crippen molar-refractivity contribution in [1.82, 2.24) is 14.8 Å². The van der Waals surface area contributed by atoms with E-state index < -0.39 is 24.4 Å². The van der Waals surface area contributed by atoms with Crippen molar-refractivity contribution in [3.63, 3.8) is 0 Å². The number of nitrogens with zero attached hydrogens (tertiary/aromatic N) is 3. The van der Waals surface area contributed by atoms with Crippen LogP contribution >= 0.6 is 0 Å². The second-order valence-electron chi connectivity index (χ2n) is 5.67. The summed E-state index contributed by atoms with van der Waals surface area (Å²) in [6, 6.07) is 5.30. The van der Waals surface area contributed by atoms with Crippen LogP contribution < -0.4 is 0 Å². The first-order valence-electron chi connectivity index (χ1n) is 8.41. The highest BCUT2D eigenvalue weighted by atomic mass is 16.6. The summed E-state index contributed by atoms with van der Waals surface area (Å²) in [5.41, 5.74) is 0.704. The van der Waals surface area contributed by atoms with E-state index in [2.05, 4.69) is 4.98 Å². The zero-order valence-corrected chi connectivity index (χ0v) is 14.9. The van der Waals surface area contributed by atoms with Crippen molar-refractivity contribution in [1.29, 1.82) is 0 Å². The van der Waals surface area contributed by atoms with Crippen molar-refractivity contribution in [3.8, 4) is 0 Å². The quantitative estimate of drug-likeness (QED) is 0.732. The minimum atomic E-state index is -0.849. The Bertz CT molecular complexity index is 746. The third-order valence-corrected chi connectivity index (χ3v) is 4.00. The maximum absolute atomic E-state index is 12.7. The average Bonchev–Trinajstić information content (AvgIpc) is 3.02. The molecule has 1 aromatic heterocycles. The molecule has 0 spiro atoms. The molecule has 0 radical (unpaired) electrons. The second kappa shape index (κ2) is 7.57. The van der Waals surface area contributed by atoms with Gasteiger partial charge in [0.25, 0.3) is 0 Å². The van der Waals surface area contributed by atoms with Gasteiger partial charge >= 0.3 is 11.9 Å². The Hall–Kier alpha value is -2.87. The molecule has 3 rings (SSSR count). The van der Waals surface area contributed by atoms with Crippen molar-refractivity contribution in [3.05, 3.63) is 53.8 Å². The van der Waals surface area contributed by atoms with Crippen LogP contribution in [0.5, 0.6) is 0 Å². The SMILES string of the molecule is CCOC(=O)C1=C(C(=O)OCC)N2C=CN(C)C2OC1c1ccccn1. The topological polar surface area (TPSA) is 81.2 Å². The van der Waals surface area contributed by atoms with Crippen LogP contribution in [0.2, 0.25) is 0 Å². The van der Waals surface area contributed by atoms with Crippen molar-refractivity contribution in [2.45, 2.75) is 26.3 Å². The Morgan fingerprint density at radius 1 is 1.15 bits per heavy atom. The van der Waals surface area contributed by atoms with Crippen LogP contribution in [0.3, 0.4) is 0 Å². The molecule has 2 aliphatic rings. The lowest BCUT2D eigenvalue weighted by Gasteiger charge is -2.39. The van der Waals surface area contributed by atoms with Crippen LogP contribution in [-0.2, 0) is 23.8 Å². The van der Waals surface area contributed by atoms with Gasteiger partial charge < -0.3 is 19.1 Å². The van der Waals surface area contributed by atoms with Crippen molar-refractivity contribution < 1.29 is 23.8 Å². The number of aromatic nitrogens is 1. The fraction of sp³-hybridized carbons (Fsp3) is 0.389. The normalized spacial score (nSPS) is 21.7. The predicted octanol–water partition coefficient (Wildman–Crippen LogP) is 1.54. The molecule has 0 fully saturated rings. The third kappa shape index (κ3) is 3.15. The van der Waals surface area contributed by atoms with E-state index in [0.717, 1.165) is 0 Å². The van der Waals surface area contributed by atoms with Gasteiger partial charge in [-0.1, -0.05) is 6.07 Å². The number of hydrogen-bond acceptors (Lipinski definition) is 8. The highest BCUT2D eigenvalue weighted by molar-refractivity contribution is 6.01. The van der Waals surface area contributed by atoms with Crippen LogP contribution in [0.25, 0.3) is 0 Å². The predicted molar refractivity (Wildman–Crippen MR) is 90.9 cm³/mol. The lowest BCUT2D eigenvalue weighted by molar-refractivity contribution is -0.162. The van der Waals surface area contributed by atoms with Gasteiger partial charge in [0, 0.05) is 25.6 Å². The van der Waals surface area contributed by atoms with Gasteiger partial charge in [-0.2, -0.15) is 0 Å². The van der Waals surface area contributed by atoms with Gasteiger partial charge in [-0.25, -0.2) is 9.59 Å². The number of pyridine rings is 1. The molecule has 0 N–H and O–H groups in total. The lowest BCUT2D eigenvalue weighted by atomic mass is 10.0. The molecule has 3 heterocycles. The lowest BCUT2D eigenvalue weighted by Crippen LogP contribution is -2.47. The molecule has 26 heavy (non-hydrogen) atoms. The highest BCUT2D eigenvalue weighted by Gasteiger charge is 2.46. The number of fused-ring (bicyclic) bond motifs is 1. The molecule has 0 aliphatic carbocycles. The molecule has 0 bridgehead atoms. The van der Waals surface area contributed by atoms with Gasteiger partial charge in [-0.3, -0.25) is 9.88 Å². The van der Waals surface area contributed by atoms with Crippen LogP contribution in [-0.4, -0.2) is 53.3 Å². The van der Waals surface area contributed by atoms with Gasteiger partial charge in [0.2, 0.25) is 6.35 Å². The smallest absolute Gasteiger partial charge is 0.355 e. The molecule has 2 unspecified atom stereocenters. The molecule has 138 valence electrons. The first kappa shape index (κ1) is 17.9. The molecular weight excluding hydrogens is 338 g/mol. The summed E-state index contributed by atoms with van der Waals surface area (Å²) in [5, 5.41) is 0. The van der Waals surface area contributed by atoms with E-state index >= 15 is 0 Å². The van der Waals surface area contributed by atoms with Crippen molar-refractivity contribution in [2.75, 3.05) is 20.3 Å². The Kier molecular flexibility index (Phi) is 5.22. The van der Waals surface area contributed by atoms with Gasteiger partial charge in [0.15, 0.2) is 0 Å². The minimum absolute atomic E-state index is 0.0835. The van der Waals surface area contributed by atoms with Crippen LogP contribution in [0.15, 0.2) is 48.1 Å². The van der Waals surface area contributed by atoms with E-state index in [9.17, 15) is 9.59 Å². The molecular formula is C18H21N3O5. The molecule has 0 amide bonds. The Morgan fingerprint density at radius 2 is 1.88 bits per heavy atom. The molecule has 0 aromatic carbocycles. The molecule has 2 aliphatic heterocycles. The minimum Gasteiger partial charge on any atom is -0.462 e. The average molecular weight is 359 g/mol. The fourth-order valence-corrected chi connectivity index (χ4v) is 2.90. The molecule has 2 atom stereocenters. The van der Waals surface area contributed by atoms with E-state index in [-0.39, 0.29) is 24.5 Å². The van der Waals surface area contributed by atoms with E-state index in [4.69, 9.17) is 14.2 Å². The van der Waals surface area contributed by atoms with Crippen molar-refractivity contribution >= 4 is 11.9 Å². The summed E-state index contributed by atoms with van der Waals surface area (Å²) in [5.74, 6) is -1.24. The molecule has 8 nitrogen and oxygen atoms in total. The zero-order chi connectivity index (χ0) is 18.7. The van der Waals surface area contributed by atoms with E-state index in [0.29, 0.717) is 5.69 Å². The van der Waals surface area contributed by atoms with Crippen LogP contribution in [0.4, 0.5) is 0 Å². The standard InChI is InChI=1S/C18H21N3O5/c1-4-24-16(22)13-14(17(23)25-5-2)21-11-10-20(3)18(21)26-15(13)12-8-6-7-9-19-12/h6-11,15,18H,4-5H2,1-3H3. The van der Waals surface area contributed by atoms with Gasteiger partial charge in [0.1, 0.15) is 17.4 Å². The maximum Gasteiger partial charge on any atom is 0.355 e. The Morgan fingerprint density at radius 3 is 2.54 bits per heavy atom. The summed E-state index contributed by atoms with van der Waals surface area (Å²) < 4.78 is 16.5. The number of rotatable bonds is 5. The van der Waals surface area contributed by atoms with E-state index in [1.165, 1.54) is 0 Å². The first-order chi connectivity index (χ1) is 12.6. The highest BCUT2D eigenvalue weighted by Crippen LogP contribution is 2.39. The monoisotopic (exact) mass is 359 g/mol. The fourth-order valence-electron chi connectivity index (χ4n) is 2.90. The van der Waals surface area contributed by atoms with Gasteiger partial charge in [-0.05, 0) is 26.0 Å². The Balaban J connectivity index is 2.16. The number of ether oxygens (including phenoxy) is 3. The largest absolute Gasteiger partial charge is 0.462 e. The Labute approximate surface area is 151 Å². The van der Waals surface area contributed by atoms with Gasteiger partial charge in [0.05, 0.1) is 18.9 Å². The maximum atomic E-state index is 12.7. The molecule has 0 saturated heterocycles. The zero-order valence-electron chi connectivity index (χ0n) is 14.9. The second-order valence-corrected chi connectivity index (χ2v) is 5.67. The summed E-state index contributed by atoms with van der Waals surface area (Å²) in [7, 11) is 1.81. The van der Waals surface area contributed by atoms with Gasteiger partial charge in [-0.15, -0.1) is 0 Å². The van der Waals surface area contributed by atoms with Crippen LogP contribution in [0.1, 0.15) is 25.6 Å². The number of carbonyl (C=O) groups excluding carboxylic acids is 2.